The molecule has 0 radical (unpaired) electrons. The number of nitrogen functional groups attached to an aromatic ring is 1. The third-order valence-electron chi connectivity index (χ3n) is 3.24. The number of rotatable bonds is 2. The van der Waals surface area contributed by atoms with Crippen LogP contribution in [0.25, 0.3) is 0 Å². The maximum Gasteiger partial charge on any atom is 0.255 e. The quantitative estimate of drug-likeness (QED) is 0.781. The largest absolute Gasteiger partial charge is 0.398 e. The van der Waals surface area contributed by atoms with Crippen LogP contribution in [0.2, 0.25) is 0 Å². The third kappa shape index (κ3) is 3.64. The van der Waals surface area contributed by atoms with Crippen molar-refractivity contribution >= 4 is 33.2 Å². The highest BCUT2D eigenvalue weighted by atomic mass is 79.9. The van der Waals surface area contributed by atoms with E-state index in [2.05, 4.69) is 42.0 Å². The number of para-hydroxylation sites is 1. The molecule has 3 nitrogen and oxygen atoms in total. The first-order valence-corrected chi connectivity index (χ1v) is 7.54. The molecule has 3 N–H and O–H groups in total. The number of hydrogen-bond acceptors (Lipinski definition) is 2. The molecule has 2 aromatic carbocycles. The number of carbonyl (C=O) groups excluding carboxylic acids is 1. The molecule has 4 heteroatoms. The minimum atomic E-state index is -0.161. The van der Waals surface area contributed by atoms with E-state index >= 15 is 0 Å². The number of halogens is 1. The van der Waals surface area contributed by atoms with E-state index in [1.807, 2.05) is 24.3 Å². The van der Waals surface area contributed by atoms with E-state index in [9.17, 15) is 4.79 Å². The molecular weight excluding hydrogens is 328 g/mol. The lowest BCUT2D eigenvalue weighted by molar-refractivity contribution is 0.102. The fourth-order valence-electron chi connectivity index (χ4n) is 2.13. The Morgan fingerprint density at radius 1 is 1.14 bits per heavy atom. The molecular formula is C17H19BrN2O. The number of nitrogens with one attached hydrogen (secondary N) is 1. The number of hydrogen-bond donors (Lipinski definition) is 2. The first-order chi connectivity index (χ1) is 9.79. The SMILES string of the molecule is CC(C)(C)c1ccccc1NC(=O)c1ccc(Br)c(N)c1. The highest BCUT2D eigenvalue weighted by Gasteiger charge is 2.19. The highest BCUT2D eigenvalue weighted by Crippen LogP contribution is 2.29. The Hall–Kier alpha value is -1.81. The van der Waals surface area contributed by atoms with Crippen LogP contribution in [0.3, 0.4) is 0 Å². The normalized spacial score (nSPS) is 11.2. The Morgan fingerprint density at radius 2 is 1.81 bits per heavy atom. The first-order valence-electron chi connectivity index (χ1n) is 6.75. The lowest BCUT2D eigenvalue weighted by Gasteiger charge is -2.23. The maximum absolute atomic E-state index is 12.4. The third-order valence-corrected chi connectivity index (χ3v) is 3.96. The average Bonchev–Trinajstić information content (AvgIpc) is 2.41. The molecule has 0 aliphatic carbocycles. The summed E-state index contributed by atoms with van der Waals surface area (Å²) >= 11 is 3.33. The average molecular weight is 347 g/mol. The van der Waals surface area contributed by atoms with Crippen LogP contribution >= 0.6 is 15.9 Å². The van der Waals surface area contributed by atoms with Gasteiger partial charge >= 0.3 is 0 Å². The Labute approximate surface area is 133 Å². The van der Waals surface area contributed by atoms with E-state index in [-0.39, 0.29) is 11.3 Å². The van der Waals surface area contributed by atoms with Gasteiger partial charge in [0.1, 0.15) is 0 Å². The molecule has 0 aromatic heterocycles. The molecule has 110 valence electrons. The molecule has 2 aromatic rings. The molecule has 0 heterocycles. The number of amides is 1. The van der Waals surface area contributed by atoms with Gasteiger partial charge in [-0.1, -0.05) is 39.0 Å². The Kier molecular flexibility index (Phi) is 4.37. The Balaban J connectivity index is 2.30. The lowest BCUT2D eigenvalue weighted by atomic mass is 9.86. The van der Waals surface area contributed by atoms with Crippen LogP contribution in [0.1, 0.15) is 36.7 Å². The van der Waals surface area contributed by atoms with Gasteiger partial charge in [0.2, 0.25) is 0 Å². The second-order valence-corrected chi connectivity index (χ2v) is 6.84. The fraction of sp³-hybridized carbons (Fsp3) is 0.235. The zero-order chi connectivity index (χ0) is 15.6. The summed E-state index contributed by atoms with van der Waals surface area (Å²) in [6, 6.07) is 13.0. The van der Waals surface area contributed by atoms with E-state index in [4.69, 9.17) is 5.73 Å². The van der Waals surface area contributed by atoms with E-state index in [1.54, 1.807) is 18.2 Å². The summed E-state index contributed by atoms with van der Waals surface area (Å²) < 4.78 is 0.786. The van der Waals surface area contributed by atoms with Crippen molar-refractivity contribution in [3.63, 3.8) is 0 Å². The van der Waals surface area contributed by atoms with Crippen molar-refractivity contribution in [3.05, 3.63) is 58.1 Å². The second-order valence-electron chi connectivity index (χ2n) is 5.99. The topological polar surface area (TPSA) is 55.1 Å². The molecule has 0 bridgehead atoms. The van der Waals surface area contributed by atoms with Crippen LogP contribution < -0.4 is 11.1 Å². The van der Waals surface area contributed by atoms with Crippen molar-refractivity contribution < 1.29 is 4.79 Å². The molecule has 2 rings (SSSR count). The number of anilines is 2. The van der Waals surface area contributed by atoms with Gasteiger partial charge in [-0.25, -0.2) is 0 Å². The van der Waals surface area contributed by atoms with Gasteiger partial charge in [-0.3, -0.25) is 4.79 Å². The van der Waals surface area contributed by atoms with E-state index in [0.29, 0.717) is 11.3 Å². The maximum atomic E-state index is 12.4. The Morgan fingerprint density at radius 3 is 2.43 bits per heavy atom. The van der Waals surface area contributed by atoms with Gasteiger partial charge in [-0.15, -0.1) is 0 Å². The van der Waals surface area contributed by atoms with E-state index in [1.165, 1.54) is 0 Å². The molecule has 21 heavy (non-hydrogen) atoms. The molecule has 0 spiro atoms. The van der Waals surface area contributed by atoms with Gasteiger partial charge in [0.05, 0.1) is 0 Å². The van der Waals surface area contributed by atoms with Gasteiger partial charge in [0.15, 0.2) is 0 Å². The summed E-state index contributed by atoms with van der Waals surface area (Å²) in [4.78, 5) is 12.4. The predicted octanol–water partition coefficient (Wildman–Crippen LogP) is 4.58. The summed E-state index contributed by atoms with van der Waals surface area (Å²) in [5.74, 6) is -0.161. The molecule has 0 unspecified atom stereocenters. The van der Waals surface area contributed by atoms with E-state index < -0.39 is 0 Å². The monoisotopic (exact) mass is 346 g/mol. The van der Waals surface area contributed by atoms with Crippen LogP contribution in [-0.4, -0.2) is 5.91 Å². The van der Waals surface area contributed by atoms with Gasteiger partial charge in [-0.2, -0.15) is 0 Å². The molecule has 0 aliphatic heterocycles. The number of carbonyl (C=O) groups is 1. The summed E-state index contributed by atoms with van der Waals surface area (Å²) in [5.41, 5.74) is 8.80. The zero-order valence-corrected chi connectivity index (χ0v) is 14.0. The van der Waals surface area contributed by atoms with Crippen molar-refractivity contribution in [1.29, 1.82) is 0 Å². The Bertz CT molecular complexity index is 675. The molecule has 0 saturated carbocycles. The van der Waals surface area contributed by atoms with Crippen molar-refractivity contribution in [2.75, 3.05) is 11.1 Å². The van der Waals surface area contributed by atoms with Crippen molar-refractivity contribution in [1.82, 2.24) is 0 Å². The molecule has 0 aliphatic rings. The molecule has 1 amide bonds. The summed E-state index contributed by atoms with van der Waals surface area (Å²) in [6.45, 7) is 6.36. The molecule has 0 atom stereocenters. The number of benzene rings is 2. The van der Waals surface area contributed by atoms with Gasteiger partial charge in [0, 0.05) is 21.4 Å². The van der Waals surface area contributed by atoms with Crippen LogP contribution in [0.15, 0.2) is 46.9 Å². The standard InChI is InChI=1S/C17H19BrN2O/c1-17(2,3)12-6-4-5-7-15(12)20-16(21)11-8-9-13(18)14(19)10-11/h4-10H,19H2,1-3H3,(H,20,21). The van der Waals surface area contributed by atoms with Crippen molar-refractivity contribution in [2.45, 2.75) is 26.2 Å². The minimum absolute atomic E-state index is 0.0391. The smallest absolute Gasteiger partial charge is 0.255 e. The van der Waals surface area contributed by atoms with Crippen LogP contribution in [0.4, 0.5) is 11.4 Å². The van der Waals surface area contributed by atoms with Crippen LogP contribution in [0, 0.1) is 0 Å². The number of nitrogens with two attached hydrogens (primary N) is 1. The molecule has 0 fully saturated rings. The zero-order valence-electron chi connectivity index (χ0n) is 12.4. The van der Waals surface area contributed by atoms with Crippen LogP contribution in [-0.2, 0) is 5.41 Å². The van der Waals surface area contributed by atoms with Gasteiger partial charge in [0.25, 0.3) is 5.91 Å². The fourth-order valence-corrected chi connectivity index (χ4v) is 2.37. The van der Waals surface area contributed by atoms with Gasteiger partial charge < -0.3 is 11.1 Å². The predicted molar refractivity (Wildman–Crippen MR) is 91.6 cm³/mol. The van der Waals surface area contributed by atoms with Gasteiger partial charge in [-0.05, 0) is 51.2 Å². The highest BCUT2D eigenvalue weighted by molar-refractivity contribution is 9.10. The summed E-state index contributed by atoms with van der Waals surface area (Å²) in [5, 5.41) is 2.97. The van der Waals surface area contributed by atoms with Crippen molar-refractivity contribution in [2.24, 2.45) is 0 Å². The summed E-state index contributed by atoms with van der Waals surface area (Å²) in [7, 11) is 0. The lowest BCUT2D eigenvalue weighted by Crippen LogP contribution is -2.18. The van der Waals surface area contributed by atoms with E-state index in [0.717, 1.165) is 15.7 Å². The first kappa shape index (κ1) is 15.6. The van der Waals surface area contributed by atoms with Crippen LogP contribution in [0.5, 0.6) is 0 Å². The van der Waals surface area contributed by atoms with Crippen molar-refractivity contribution in [3.8, 4) is 0 Å². The minimum Gasteiger partial charge on any atom is -0.398 e. The summed E-state index contributed by atoms with van der Waals surface area (Å²) in [6.07, 6.45) is 0. The second kappa shape index (κ2) is 5.90. The molecule has 0 saturated heterocycles.